The number of likely N-dealkylation sites (N-methyl/N-ethyl adjacent to an activating group) is 1. The summed E-state index contributed by atoms with van der Waals surface area (Å²) in [6.45, 7) is 7.90. The second-order valence-corrected chi connectivity index (χ2v) is 3.79. The van der Waals surface area contributed by atoms with Crippen molar-refractivity contribution in [2.75, 3.05) is 18.8 Å². The largest absolute Gasteiger partial charge is 0.313 e. The van der Waals surface area contributed by atoms with Crippen LogP contribution in [0.1, 0.15) is 6.92 Å². The predicted molar refractivity (Wildman–Crippen MR) is 60.4 cm³/mol. The predicted octanol–water partition coefficient (Wildman–Crippen LogP) is 1.73. The highest BCUT2D eigenvalue weighted by atomic mass is 32.2. The molecule has 4 heteroatoms. The molecular weight excluding hydrogens is 194 g/mol. The summed E-state index contributed by atoms with van der Waals surface area (Å²) in [5, 5.41) is 4.04. The van der Waals surface area contributed by atoms with Crippen molar-refractivity contribution in [3.05, 3.63) is 30.6 Å². The van der Waals surface area contributed by atoms with Crippen LogP contribution < -0.4 is 5.32 Å². The summed E-state index contributed by atoms with van der Waals surface area (Å²) in [4.78, 5) is 8.24. The van der Waals surface area contributed by atoms with Gasteiger partial charge in [0.1, 0.15) is 0 Å². The number of nitrogens with zero attached hydrogens (tertiary/aromatic N) is 2. The van der Waals surface area contributed by atoms with Crippen LogP contribution in [0, 0.1) is 0 Å². The van der Waals surface area contributed by atoms with Crippen LogP contribution in [0.25, 0.3) is 0 Å². The Bertz CT molecular complexity index is 274. The Kier molecular flexibility index (Phi) is 5.25. The molecule has 0 bridgehead atoms. The van der Waals surface area contributed by atoms with Crippen molar-refractivity contribution in [2.24, 2.45) is 0 Å². The van der Waals surface area contributed by atoms with Gasteiger partial charge < -0.3 is 5.32 Å². The van der Waals surface area contributed by atoms with Gasteiger partial charge in [-0.1, -0.05) is 30.8 Å². The first-order valence-corrected chi connectivity index (χ1v) is 5.58. The standard InChI is InChI=1S/C10H15N3S/c1-3-11-7-9(2)8-14-10-12-5-4-6-13-10/h4-6,11H,2-3,7-8H2,1H3. The SMILES string of the molecule is C=C(CNCC)CSc1ncccn1. The Morgan fingerprint density at radius 1 is 1.50 bits per heavy atom. The zero-order valence-corrected chi connectivity index (χ0v) is 9.18. The zero-order valence-electron chi connectivity index (χ0n) is 8.36. The molecule has 0 amide bonds. The number of hydrogen-bond acceptors (Lipinski definition) is 4. The van der Waals surface area contributed by atoms with Crippen LogP contribution in [0.4, 0.5) is 0 Å². The molecule has 3 nitrogen and oxygen atoms in total. The Morgan fingerprint density at radius 2 is 2.21 bits per heavy atom. The zero-order chi connectivity index (χ0) is 10.2. The molecule has 0 saturated heterocycles. The van der Waals surface area contributed by atoms with Crippen molar-refractivity contribution in [3.8, 4) is 0 Å². The lowest BCUT2D eigenvalue weighted by Crippen LogP contribution is -2.16. The molecule has 0 aliphatic rings. The van der Waals surface area contributed by atoms with E-state index in [4.69, 9.17) is 0 Å². The van der Waals surface area contributed by atoms with Crippen molar-refractivity contribution in [1.82, 2.24) is 15.3 Å². The van der Waals surface area contributed by atoms with E-state index in [0.717, 1.165) is 24.0 Å². The van der Waals surface area contributed by atoms with Crippen LogP contribution in [0.15, 0.2) is 35.8 Å². The summed E-state index contributed by atoms with van der Waals surface area (Å²) in [5.41, 5.74) is 1.17. The van der Waals surface area contributed by atoms with E-state index in [2.05, 4.69) is 28.8 Å². The molecule has 0 aliphatic heterocycles. The van der Waals surface area contributed by atoms with E-state index in [-0.39, 0.29) is 0 Å². The summed E-state index contributed by atoms with van der Waals surface area (Å²) in [5.74, 6) is 0.872. The normalized spacial score (nSPS) is 10.1. The van der Waals surface area contributed by atoms with E-state index in [1.165, 1.54) is 5.57 Å². The fourth-order valence-corrected chi connectivity index (χ4v) is 1.59. The van der Waals surface area contributed by atoms with Gasteiger partial charge in [0.15, 0.2) is 5.16 Å². The van der Waals surface area contributed by atoms with Crippen molar-refractivity contribution < 1.29 is 0 Å². The van der Waals surface area contributed by atoms with Crippen LogP contribution >= 0.6 is 11.8 Å². The average Bonchev–Trinajstić information content (AvgIpc) is 2.25. The number of aromatic nitrogens is 2. The van der Waals surface area contributed by atoms with Crippen LogP contribution in [0.3, 0.4) is 0 Å². The van der Waals surface area contributed by atoms with Crippen LogP contribution in [0.5, 0.6) is 0 Å². The molecule has 1 N–H and O–H groups in total. The second kappa shape index (κ2) is 6.56. The first-order chi connectivity index (χ1) is 6.83. The lowest BCUT2D eigenvalue weighted by molar-refractivity contribution is 0.779. The van der Waals surface area contributed by atoms with E-state index in [1.807, 2.05) is 6.07 Å². The van der Waals surface area contributed by atoms with Gasteiger partial charge in [-0.3, -0.25) is 0 Å². The third-order valence-electron chi connectivity index (χ3n) is 1.57. The van der Waals surface area contributed by atoms with Gasteiger partial charge in [-0.15, -0.1) is 0 Å². The smallest absolute Gasteiger partial charge is 0.187 e. The summed E-state index contributed by atoms with van der Waals surface area (Å²) in [6.07, 6.45) is 3.50. The molecule has 0 spiro atoms. The van der Waals surface area contributed by atoms with Gasteiger partial charge in [0, 0.05) is 24.7 Å². The van der Waals surface area contributed by atoms with Gasteiger partial charge in [-0.05, 0) is 12.6 Å². The highest BCUT2D eigenvalue weighted by molar-refractivity contribution is 7.99. The van der Waals surface area contributed by atoms with Gasteiger partial charge in [0.2, 0.25) is 0 Å². The van der Waals surface area contributed by atoms with Crippen LogP contribution in [0.2, 0.25) is 0 Å². The first-order valence-electron chi connectivity index (χ1n) is 4.60. The molecule has 76 valence electrons. The third-order valence-corrected chi connectivity index (χ3v) is 2.59. The molecular formula is C10H15N3S. The molecule has 0 aliphatic carbocycles. The summed E-state index contributed by atoms with van der Waals surface area (Å²) in [6, 6.07) is 1.82. The molecule has 1 aromatic heterocycles. The molecule has 0 unspecified atom stereocenters. The summed E-state index contributed by atoms with van der Waals surface area (Å²) < 4.78 is 0. The van der Waals surface area contributed by atoms with Crippen molar-refractivity contribution in [2.45, 2.75) is 12.1 Å². The fourth-order valence-electron chi connectivity index (χ4n) is 0.879. The van der Waals surface area contributed by atoms with Crippen LogP contribution in [-0.4, -0.2) is 28.8 Å². The molecule has 0 saturated carbocycles. The highest BCUT2D eigenvalue weighted by Crippen LogP contribution is 2.13. The maximum absolute atomic E-state index is 4.12. The molecule has 1 rings (SSSR count). The quantitative estimate of drug-likeness (QED) is 0.440. The Hall–Kier alpha value is -0.870. The molecule has 14 heavy (non-hydrogen) atoms. The van der Waals surface area contributed by atoms with E-state index >= 15 is 0 Å². The molecule has 1 heterocycles. The van der Waals surface area contributed by atoms with E-state index in [9.17, 15) is 0 Å². The lowest BCUT2D eigenvalue weighted by Gasteiger charge is -2.04. The highest BCUT2D eigenvalue weighted by Gasteiger charge is 1.98. The Morgan fingerprint density at radius 3 is 2.86 bits per heavy atom. The molecule has 0 aromatic carbocycles. The second-order valence-electron chi connectivity index (χ2n) is 2.85. The van der Waals surface area contributed by atoms with Crippen molar-refractivity contribution >= 4 is 11.8 Å². The topological polar surface area (TPSA) is 37.8 Å². The van der Waals surface area contributed by atoms with Crippen molar-refractivity contribution in [3.63, 3.8) is 0 Å². The van der Waals surface area contributed by atoms with Gasteiger partial charge in [0.05, 0.1) is 0 Å². The molecule has 0 atom stereocenters. The van der Waals surface area contributed by atoms with E-state index in [1.54, 1.807) is 24.2 Å². The van der Waals surface area contributed by atoms with E-state index in [0.29, 0.717) is 0 Å². The van der Waals surface area contributed by atoms with Gasteiger partial charge >= 0.3 is 0 Å². The summed E-state index contributed by atoms with van der Waals surface area (Å²) >= 11 is 1.62. The number of thioether (sulfide) groups is 1. The number of hydrogen-bond donors (Lipinski definition) is 1. The van der Waals surface area contributed by atoms with Gasteiger partial charge in [0.25, 0.3) is 0 Å². The monoisotopic (exact) mass is 209 g/mol. The lowest BCUT2D eigenvalue weighted by atomic mass is 10.3. The minimum atomic E-state index is 0.810. The Labute approximate surface area is 89.0 Å². The molecule has 0 radical (unpaired) electrons. The third kappa shape index (κ3) is 4.39. The molecule has 1 aromatic rings. The Balaban J connectivity index is 2.24. The number of rotatable bonds is 6. The van der Waals surface area contributed by atoms with E-state index < -0.39 is 0 Å². The minimum absolute atomic E-state index is 0.810. The molecule has 0 fully saturated rings. The maximum Gasteiger partial charge on any atom is 0.187 e. The first kappa shape index (κ1) is 11.2. The van der Waals surface area contributed by atoms with Gasteiger partial charge in [-0.2, -0.15) is 0 Å². The van der Waals surface area contributed by atoms with Gasteiger partial charge in [-0.25, -0.2) is 9.97 Å². The van der Waals surface area contributed by atoms with Crippen LogP contribution in [-0.2, 0) is 0 Å². The minimum Gasteiger partial charge on any atom is -0.313 e. The summed E-state index contributed by atoms with van der Waals surface area (Å²) in [7, 11) is 0. The average molecular weight is 209 g/mol. The number of nitrogens with one attached hydrogen (secondary N) is 1. The maximum atomic E-state index is 4.12. The fraction of sp³-hybridized carbons (Fsp3) is 0.400. The van der Waals surface area contributed by atoms with Crippen molar-refractivity contribution in [1.29, 1.82) is 0 Å².